The van der Waals surface area contributed by atoms with Gasteiger partial charge in [0.25, 0.3) is 0 Å². The van der Waals surface area contributed by atoms with E-state index in [1.165, 1.54) is 24.3 Å². The van der Waals surface area contributed by atoms with Crippen LogP contribution in [0.25, 0.3) is 10.9 Å². The first kappa shape index (κ1) is 14.0. The van der Waals surface area contributed by atoms with Gasteiger partial charge in [-0.3, -0.25) is 0 Å². The molecule has 0 aliphatic carbocycles. The topological polar surface area (TPSA) is 59.4 Å². The minimum absolute atomic E-state index is 0.128. The Hall–Kier alpha value is -2.43. The smallest absolute Gasteiger partial charge is 0.354 e. The molecule has 0 amide bonds. The quantitative estimate of drug-likeness (QED) is 0.868. The van der Waals surface area contributed by atoms with Crippen molar-refractivity contribution in [2.75, 3.05) is 6.61 Å². The van der Waals surface area contributed by atoms with Gasteiger partial charge in [-0.25, -0.2) is 14.2 Å². The fourth-order valence-electron chi connectivity index (χ4n) is 1.69. The van der Waals surface area contributed by atoms with E-state index in [0.717, 1.165) is 5.57 Å². The second kappa shape index (κ2) is 5.69. The summed E-state index contributed by atoms with van der Waals surface area (Å²) < 4.78 is 18.8. The molecule has 0 bridgehead atoms. The summed E-state index contributed by atoms with van der Waals surface area (Å²) in [6.07, 6.45) is 1.85. The second-order valence-electron chi connectivity index (χ2n) is 4.56. The van der Waals surface area contributed by atoms with Crippen LogP contribution in [-0.4, -0.2) is 22.7 Å². The van der Waals surface area contributed by atoms with Crippen molar-refractivity contribution in [2.45, 2.75) is 13.8 Å². The van der Waals surface area contributed by atoms with E-state index in [0.29, 0.717) is 16.7 Å². The summed E-state index contributed by atoms with van der Waals surface area (Å²) in [6, 6.07) is 5.26. The van der Waals surface area contributed by atoms with Crippen LogP contribution in [0.15, 0.2) is 35.9 Å². The summed E-state index contributed by atoms with van der Waals surface area (Å²) in [5.41, 5.74) is 1.34. The Labute approximate surface area is 115 Å². The number of halogens is 1. The number of benzene rings is 1. The van der Waals surface area contributed by atoms with Gasteiger partial charge in [0, 0.05) is 11.5 Å². The number of pyridine rings is 1. The number of hydrogen-bond acceptors (Lipinski definition) is 3. The molecular formula is C15H14FNO3. The van der Waals surface area contributed by atoms with E-state index in [9.17, 15) is 9.18 Å². The van der Waals surface area contributed by atoms with Gasteiger partial charge in [0.15, 0.2) is 5.69 Å². The van der Waals surface area contributed by atoms with Gasteiger partial charge in [-0.2, -0.15) is 0 Å². The zero-order valence-electron chi connectivity index (χ0n) is 11.2. The molecule has 0 spiro atoms. The molecule has 104 valence electrons. The number of allylic oxidation sites excluding steroid dienone is 1. The zero-order chi connectivity index (χ0) is 14.7. The van der Waals surface area contributed by atoms with Crippen LogP contribution in [0, 0.1) is 5.82 Å². The Kier molecular flexibility index (Phi) is 3.98. The normalized spacial score (nSPS) is 10.3. The van der Waals surface area contributed by atoms with Crippen LogP contribution in [-0.2, 0) is 0 Å². The number of carboxylic acids is 1. The van der Waals surface area contributed by atoms with E-state index in [1.54, 1.807) is 0 Å². The summed E-state index contributed by atoms with van der Waals surface area (Å²) >= 11 is 0. The lowest BCUT2D eigenvalue weighted by Crippen LogP contribution is -2.03. The third-order valence-electron chi connectivity index (χ3n) is 2.68. The molecule has 5 heteroatoms. The number of aromatic nitrogens is 1. The van der Waals surface area contributed by atoms with Gasteiger partial charge in [0.1, 0.15) is 18.2 Å². The molecule has 0 saturated heterocycles. The molecule has 2 rings (SSSR count). The van der Waals surface area contributed by atoms with Crippen molar-refractivity contribution in [3.8, 4) is 5.75 Å². The molecule has 2 aromatic rings. The van der Waals surface area contributed by atoms with E-state index in [2.05, 4.69) is 4.98 Å². The first-order valence-electron chi connectivity index (χ1n) is 6.07. The lowest BCUT2D eigenvalue weighted by atomic mass is 10.1. The molecule has 0 atom stereocenters. The van der Waals surface area contributed by atoms with Gasteiger partial charge in [-0.1, -0.05) is 5.57 Å². The summed E-state index contributed by atoms with van der Waals surface area (Å²) in [7, 11) is 0. The van der Waals surface area contributed by atoms with Gasteiger partial charge in [0.2, 0.25) is 0 Å². The molecule has 20 heavy (non-hydrogen) atoms. The first-order valence-corrected chi connectivity index (χ1v) is 6.07. The maximum atomic E-state index is 13.3. The van der Waals surface area contributed by atoms with Crippen LogP contribution >= 0.6 is 0 Å². The summed E-state index contributed by atoms with van der Waals surface area (Å²) in [5, 5.41) is 9.49. The molecule has 4 nitrogen and oxygen atoms in total. The Morgan fingerprint density at radius 3 is 2.80 bits per heavy atom. The van der Waals surface area contributed by atoms with Crippen LogP contribution in [0.3, 0.4) is 0 Å². The number of ether oxygens (including phenoxy) is 1. The number of aromatic carboxylic acids is 1. The molecule has 1 heterocycles. The molecule has 0 unspecified atom stereocenters. The fraction of sp³-hybridized carbons (Fsp3) is 0.200. The largest absolute Gasteiger partial charge is 0.489 e. The molecule has 0 aliphatic heterocycles. The number of hydrogen-bond donors (Lipinski definition) is 1. The monoisotopic (exact) mass is 275 g/mol. The molecule has 1 aromatic carbocycles. The van der Waals surface area contributed by atoms with E-state index in [-0.39, 0.29) is 12.3 Å². The average Bonchev–Trinajstić information content (AvgIpc) is 2.38. The molecular weight excluding hydrogens is 261 g/mol. The van der Waals surface area contributed by atoms with Crippen LogP contribution in [0.2, 0.25) is 0 Å². The van der Waals surface area contributed by atoms with Gasteiger partial charge < -0.3 is 9.84 Å². The van der Waals surface area contributed by atoms with Crippen LogP contribution in [0.1, 0.15) is 24.3 Å². The number of rotatable bonds is 4. The second-order valence-corrected chi connectivity index (χ2v) is 4.56. The summed E-state index contributed by atoms with van der Waals surface area (Å²) in [6.45, 7) is 4.14. The molecule has 1 aromatic heterocycles. The highest BCUT2D eigenvalue weighted by atomic mass is 19.1. The van der Waals surface area contributed by atoms with Crippen molar-refractivity contribution in [2.24, 2.45) is 0 Å². The van der Waals surface area contributed by atoms with Crippen molar-refractivity contribution in [3.63, 3.8) is 0 Å². The molecule has 0 fully saturated rings. The van der Waals surface area contributed by atoms with E-state index >= 15 is 0 Å². The predicted molar refractivity (Wildman–Crippen MR) is 73.6 cm³/mol. The maximum Gasteiger partial charge on any atom is 0.354 e. The molecule has 0 radical (unpaired) electrons. The Morgan fingerprint density at radius 1 is 1.40 bits per heavy atom. The number of fused-ring (bicyclic) bond motifs is 1. The number of carboxylic acid groups (broad SMARTS) is 1. The fourth-order valence-corrected chi connectivity index (χ4v) is 1.69. The average molecular weight is 275 g/mol. The maximum absolute atomic E-state index is 13.3. The third kappa shape index (κ3) is 3.12. The predicted octanol–water partition coefficient (Wildman–Crippen LogP) is 3.42. The molecule has 1 N–H and O–H groups in total. The minimum Gasteiger partial charge on any atom is -0.489 e. The number of nitrogens with zero attached hydrogens (tertiary/aromatic N) is 1. The first-order chi connectivity index (χ1) is 9.47. The lowest BCUT2D eigenvalue weighted by molar-refractivity contribution is 0.0690. The summed E-state index contributed by atoms with van der Waals surface area (Å²) in [5.74, 6) is -1.26. The zero-order valence-corrected chi connectivity index (χ0v) is 11.2. The van der Waals surface area contributed by atoms with Crippen molar-refractivity contribution >= 4 is 16.9 Å². The van der Waals surface area contributed by atoms with E-state index in [4.69, 9.17) is 9.84 Å². The molecule has 0 aliphatic rings. The standard InChI is InChI=1S/C15H14FNO3/c1-9(2)5-6-20-14-8-13(15(18)19)17-12-4-3-10(16)7-11(12)14/h3-5,7-8H,6H2,1-2H3,(H,18,19). The van der Waals surface area contributed by atoms with E-state index in [1.807, 2.05) is 19.9 Å². The van der Waals surface area contributed by atoms with Gasteiger partial charge in [0.05, 0.1) is 5.52 Å². The van der Waals surface area contributed by atoms with E-state index < -0.39 is 11.8 Å². The van der Waals surface area contributed by atoms with Crippen molar-refractivity contribution in [1.29, 1.82) is 0 Å². The molecule has 0 saturated carbocycles. The van der Waals surface area contributed by atoms with Crippen molar-refractivity contribution in [3.05, 3.63) is 47.4 Å². The lowest BCUT2D eigenvalue weighted by Gasteiger charge is -2.09. The van der Waals surface area contributed by atoms with Crippen molar-refractivity contribution < 1.29 is 19.0 Å². The Balaban J connectivity index is 2.50. The highest BCUT2D eigenvalue weighted by molar-refractivity contribution is 5.93. The highest BCUT2D eigenvalue weighted by Gasteiger charge is 2.12. The van der Waals surface area contributed by atoms with Crippen molar-refractivity contribution in [1.82, 2.24) is 4.98 Å². The van der Waals surface area contributed by atoms with Crippen LogP contribution in [0.5, 0.6) is 5.75 Å². The Morgan fingerprint density at radius 2 is 2.15 bits per heavy atom. The van der Waals surface area contributed by atoms with Crippen LogP contribution < -0.4 is 4.74 Å². The van der Waals surface area contributed by atoms with Gasteiger partial charge in [-0.05, 0) is 38.1 Å². The highest BCUT2D eigenvalue weighted by Crippen LogP contribution is 2.26. The Bertz CT molecular complexity index is 691. The SMILES string of the molecule is CC(C)=CCOc1cc(C(=O)O)nc2ccc(F)cc12. The minimum atomic E-state index is -1.15. The number of carbonyl (C=O) groups is 1. The van der Waals surface area contributed by atoms with Gasteiger partial charge in [-0.15, -0.1) is 0 Å². The van der Waals surface area contributed by atoms with Gasteiger partial charge >= 0.3 is 5.97 Å². The third-order valence-corrected chi connectivity index (χ3v) is 2.68. The summed E-state index contributed by atoms with van der Waals surface area (Å²) in [4.78, 5) is 15.0. The van der Waals surface area contributed by atoms with Crippen LogP contribution in [0.4, 0.5) is 4.39 Å².